The summed E-state index contributed by atoms with van der Waals surface area (Å²) in [5.41, 5.74) is 1.37. The summed E-state index contributed by atoms with van der Waals surface area (Å²) in [5.74, 6) is 1.00. The van der Waals surface area contributed by atoms with Crippen LogP contribution in [0.1, 0.15) is 58.4 Å². The lowest BCUT2D eigenvalue weighted by atomic mass is 10.1. The van der Waals surface area contributed by atoms with Crippen LogP contribution in [0.15, 0.2) is 24.3 Å². The number of unbranched alkanes of at least 4 members (excludes halogenated alkanes) is 4. The summed E-state index contributed by atoms with van der Waals surface area (Å²) in [7, 11) is 0. The molecule has 1 rings (SSSR count). The minimum Gasteiger partial charge on any atom is -0.494 e. The molecule has 20 heavy (non-hydrogen) atoms. The van der Waals surface area contributed by atoms with E-state index >= 15 is 0 Å². The molecule has 0 aliphatic heterocycles. The van der Waals surface area contributed by atoms with Gasteiger partial charge in [0, 0.05) is 6.04 Å². The van der Waals surface area contributed by atoms with E-state index in [4.69, 9.17) is 4.74 Å². The number of hydrogen-bond acceptors (Lipinski definition) is 2. The number of ether oxygens (including phenoxy) is 1. The fraction of sp³-hybridized carbons (Fsp3) is 0.667. The van der Waals surface area contributed by atoms with Gasteiger partial charge < -0.3 is 10.1 Å². The number of benzene rings is 1. The van der Waals surface area contributed by atoms with Gasteiger partial charge in [-0.05, 0) is 44.0 Å². The topological polar surface area (TPSA) is 21.3 Å². The van der Waals surface area contributed by atoms with Gasteiger partial charge in [0.05, 0.1) is 6.61 Å². The molecular formula is C18H31NO. The molecule has 0 bridgehead atoms. The van der Waals surface area contributed by atoms with Gasteiger partial charge >= 0.3 is 0 Å². The minimum absolute atomic E-state index is 0.533. The Labute approximate surface area is 124 Å². The maximum absolute atomic E-state index is 5.78. The molecule has 0 saturated carbocycles. The Morgan fingerprint density at radius 2 is 1.70 bits per heavy atom. The summed E-state index contributed by atoms with van der Waals surface area (Å²) in [6.45, 7) is 8.49. The molecule has 0 saturated heterocycles. The molecule has 0 heterocycles. The number of rotatable bonds is 11. The first-order valence-electron chi connectivity index (χ1n) is 8.21. The quantitative estimate of drug-likeness (QED) is 0.598. The van der Waals surface area contributed by atoms with Crippen molar-refractivity contribution < 1.29 is 4.74 Å². The summed E-state index contributed by atoms with van der Waals surface area (Å²) >= 11 is 0. The molecule has 0 spiro atoms. The summed E-state index contributed by atoms with van der Waals surface area (Å²) in [4.78, 5) is 0. The van der Waals surface area contributed by atoms with Gasteiger partial charge in [0.25, 0.3) is 0 Å². The SMILES string of the molecule is CCCCCCCOc1ccc(CC(C)NCC)cc1. The zero-order valence-corrected chi connectivity index (χ0v) is 13.5. The van der Waals surface area contributed by atoms with Crippen LogP contribution in [-0.2, 0) is 6.42 Å². The minimum atomic E-state index is 0.533. The van der Waals surface area contributed by atoms with Crippen LogP contribution in [0.5, 0.6) is 5.75 Å². The van der Waals surface area contributed by atoms with Crippen LogP contribution in [0.2, 0.25) is 0 Å². The first kappa shape index (κ1) is 17.0. The molecule has 2 heteroatoms. The van der Waals surface area contributed by atoms with Crippen molar-refractivity contribution in [1.82, 2.24) is 5.32 Å². The Morgan fingerprint density at radius 1 is 1.00 bits per heavy atom. The normalized spacial score (nSPS) is 12.3. The lowest BCUT2D eigenvalue weighted by Crippen LogP contribution is -2.27. The van der Waals surface area contributed by atoms with Gasteiger partial charge in [-0.1, -0.05) is 51.7 Å². The average Bonchev–Trinajstić information content (AvgIpc) is 2.45. The smallest absolute Gasteiger partial charge is 0.119 e. The van der Waals surface area contributed by atoms with E-state index < -0.39 is 0 Å². The molecule has 114 valence electrons. The molecule has 0 radical (unpaired) electrons. The molecule has 1 aromatic rings. The highest BCUT2D eigenvalue weighted by molar-refractivity contribution is 5.27. The molecular weight excluding hydrogens is 246 g/mol. The van der Waals surface area contributed by atoms with E-state index in [1.807, 2.05) is 0 Å². The van der Waals surface area contributed by atoms with Crippen LogP contribution in [0.3, 0.4) is 0 Å². The zero-order chi connectivity index (χ0) is 14.6. The standard InChI is InChI=1S/C18H31NO/c1-4-6-7-8-9-14-20-18-12-10-17(11-13-18)15-16(3)19-5-2/h10-13,16,19H,4-9,14-15H2,1-3H3. The molecule has 1 aromatic carbocycles. The molecule has 0 aromatic heterocycles. The molecule has 0 aliphatic carbocycles. The molecule has 1 unspecified atom stereocenters. The lowest BCUT2D eigenvalue weighted by Gasteiger charge is -2.12. The van der Waals surface area contributed by atoms with Gasteiger partial charge in [0.2, 0.25) is 0 Å². The highest BCUT2D eigenvalue weighted by atomic mass is 16.5. The third-order valence-corrected chi connectivity index (χ3v) is 3.53. The van der Waals surface area contributed by atoms with Gasteiger partial charge in [-0.2, -0.15) is 0 Å². The molecule has 1 atom stereocenters. The average molecular weight is 277 g/mol. The predicted molar refractivity (Wildman–Crippen MR) is 87.5 cm³/mol. The van der Waals surface area contributed by atoms with Crippen molar-refractivity contribution in [2.45, 2.75) is 65.3 Å². The lowest BCUT2D eigenvalue weighted by molar-refractivity contribution is 0.304. The van der Waals surface area contributed by atoms with Crippen LogP contribution in [-0.4, -0.2) is 19.2 Å². The molecule has 2 nitrogen and oxygen atoms in total. The Kier molecular flexibility index (Phi) is 9.14. The highest BCUT2D eigenvalue weighted by Crippen LogP contribution is 2.14. The molecule has 0 aliphatic rings. The van der Waals surface area contributed by atoms with Gasteiger partial charge in [-0.25, -0.2) is 0 Å². The Morgan fingerprint density at radius 3 is 2.35 bits per heavy atom. The summed E-state index contributed by atoms with van der Waals surface area (Å²) in [6.07, 6.45) is 7.50. The van der Waals surface area contributed by atoms with Crippen molar-refractivity contribution in [3.63, 3.8) is 0 Å². The maximum Gasteiger partial charge on any atom is 0.119 e. The van der Waals surface area contributed by atoms with Crippen LogP contribution < -0.4 is 10.1 Å². The molecule has 0 fully saturated rings. The van der Waals surface area contributed by atoms with Crippen LogP contribution >= 0.6 is 0 Å². The highest BCUT2D eigenvalue weighted by Gasteiger charge is 2.02. The third-order valence-electron chi connectivity index (χ3n) is 3.53. The van der Waals surface area contributed by atoms with Crippen molar-refractivity contribution in [2.75, 3.05) is 13.2 Å². The Hall–Kier alpha value is -1.02. The van der Waals surface area contributed by atoms with Crippen molar-refractivity contribution in [3.8, 4) is 5.75 Å². The van der Waals surface area contributed by atoms with Gasteiger partial charge in [0.1, 0.15) is 5.75 Å². The van der Waals surface area contributed by atoms with Crippen molar-refractivity contribution in [3.05, 3.63) is 29.8 Å². The summed E-state index contributed by atoms with van der Waals surface area (Å²) in [5, 5.41) is 3.44. The third kappa shape index (κ3) is 7.54. The monoisotopic (exact) mass is 277 g/mol. The number of hydrogen-bond donors (Lipinski definition) is 1. The van der Waals surface area contributed by atoms with Crippen molar-refractivity contribution >= 4 is 0 Å². The number of likely N-dealkylation sites (N-methyl/N-ethyl adjacent to an activating group) is 1. The number of nitrogens with one attached hydrogen (secondary N) is 1. The maximum atomic E-state index is 5.78. The van der Waals surface area contributed by atoms with Gasteiger partial charge in [-0.15, -0.1) is 0 Å². The van der Waals surface area contributed by atoms with E-state index in [0.717, 1.165) is 25.3 Å². The first-order chi connectivity index (χ1) is 9.76. The largest absolute Gasteiger partial charge is 0.494 e. The first-order valence-corrected chi connectivity index (χ1v) is 8.21. The van der Waals surface area contributed by atoms with Crippen LogP contribution in [0.4, 0.5) is 0 Å². The van der Waals surface area contributed by atoms with Crippen LogP contribution in [0.25, 0.3) is 0 Å². The predicted octanol–water partition coefficient (Wildman–Crippen LogP) is 4.58. The second-order valence-corrected chi connectivity index (χ2v) is 5.57. The molecule has 0 amide bonds. The fourth-order valence-electron chi connectivity index (χ4n) is 2.39. The van der Waals surface area contributed by atoms with E-state index in [2.05, 4.69) is 50.4 Å². The Balaban J connectivity index is 2.21. The van der Waals surface area contributed by atoms with E-state index in [0.29, 0.717) is 6.04 Å². The summed E-state index contributed by atoms with van der Waals surface area (Å²) in [6, 6.07) is 9.09. The van der Waals surface area contributed by atoms with E-state index in [9.17, 15) is 0 Å². The molecule has 1 N–H and O–H groups in total. The van der Waals surface area contributed by atoms with Crippen molar-refractivity contribution in [1.29, 1.82) is 0 Å². The summed E-state index contributed by atoms with van der Waals surface area (Å²) < 4.78 is 5.78. The fourth-order valence-corrected chi connectivity index (χ4v) is 2.39. The second-order valence-electron chi connectivity index (χ2n) is 5.57. The second kappa shape index (κ2) is 10.7. The Bertz CT molecular complexity index is 334. The van der Waals surface area contributed by atoms with Gasteiger partial charge in [0.15, 0.2) is 0 Å². The van der Waals surface area contributed by atoms with Gasteiger partial charge in [-0.3, -0.25) is 0 Å². The van der Waals surface area contributed by atoms with E-state index in [1.54, 1.807) is 0 Å². The van der Waals surface area contributed by atoms with Crippen molar-refractivity contribution in [2.24, 2.45) is 0 Å². The van der Waals surface area contributed by atoms with E-state index in [1.165, 1.54) is 37.7 Å². The zero-order valence-electron chi connectivity index (χ0n) is 13.5. The van der Waals surface area contributed by atoms with Crippen LogP contribution in [0, 0.1) is 0 Å². The van der Waals surface area contributed by atoms with E-state index in [-0.39, 0.29) is 0 Å².